The molecular formula is C12H15BrINOS. The summed E-state index contributed by atoms with van der Waals surface area (Å²) < 4.78 is 1.16. The van der Waals surface area contributed by atoms with Crippen molar-refractivity contribution < 1.29 is 4.79 Å². The molecular weight excluding hydrogens is 413 g/mol. The van der Waals surface area contributed by atoms with Crippen molar-refractivity contribution >= 4 is 55.8 Å². The minimum atomic E-state index is 0.0742. The van der Waals surface area contributed by atoms with E-state index in [1.165, 1.54) is 25.7 Å². The molecule has 0 saturated heterocycles. The SMILES string of the molecule is O=C(NCC1CCC(Br)CC1)c1csc(I)c1. The lowest BCUT2D eigenvalue weighted by Gasteiger charge is -2.25. The highest BCUT2D eigenvalue weighted by atomic mass is 127. The van der Waals surface area contributed by atoms with E-state index in [9.17, 15) is 4.79 Å². The van der Waals surface area contributed by atoms with Gasteiger partial charge in [-0.15, -0.1) is 11.3 Å². The molecule has 5 heteroatoms. The number of carbonyl (C=O) groups excluding carboxylic acids is 1. The largest absolute Gasteiger partial charge is 0.352 e. The molecule has 0 bridgehead atoms. The average molecular weight is 428 g/mol. The second-order valence-corrected chi connectivity index (χ2v) is 8.57. The first-order chi connectivity index (χ1) is 8.15. The highest BCUT2D eigenvalue weighted by molar-refractivity contribution is 14.1. The third-order valence-electron chi connectivity index (χ3n) is 3.16. The molecule has 0 atom stereocenters. The fourth-order valence-electron chi connectivity index (χ4n) is 2.09. The number of carbonyl (C=O) groups is 1. The van der Waals surface area contributed by atoms with Gasteiger partial charge in [0.25, 0.3) is 5.91 Å². The molecule has 1 aliphatic rings. The van der Waals surface area contributed by atoms with E-state index in [1.807, 2.05) is 11.4 Å². The van der Waals surface area contributed by atoms with Crippen LogP contribution >= 0.6 is 49.9 Å². The highest BCUT2D eigenvalue weighted by Crippen LogP contribution is 2.28. The van der Waals surface area contributed by atoms with Gasteiger partial charge >= 0.3 is 0 Å². The molecule has 0 radical (unpaired) electrons. The smallest absolute Gasteiger partial charge is 0.252 e. The van der Waals surface area contributed by atoms with Gasteiger partial charge in [0.15, 0.2) is 0 Å². The maximum atomic E-state index is 11.8. The Morgan fingerprint density at radius 2 is 2.18 bits per heavy atom. The summed E-state index contributed by atoms with van der Waals surface area (Å²) in [5, 5.41) is 4.97. The van der Waals surface area contributed by atoms with E-state index in [4.69, 9.17) is 0 Å². The molecule has 1 fully saturated rings. The van der Waals surface area contributed by atoms with Crippen LogP contribution in [0.5, 0.6) is 0 Å². The standard InChI is InChI=1S/C12H15BrINOS/c13-10-3-1-8(2-4-10)6-15-12(16)9-5-11(14)17-7-9/h5,7-8,10H,1-4,6H2,(H,15,16). The van der Waals surface area contributed by atoms with Crippen molar-refractivity contribution in [1.82, 2.24) is 5.32 Å². The van der Waals surface area contributed by atoms with E-state index in [0.29, 0.717) is 10.7 Å². The molecule has 1 aromatic rings. The molecule has 1 aliphatic carbocycles. The summed E-state index contributed by atoms with van der Waals surface area (Å²) >= 11 is 7.50. The Bertz CT molecular complexity index is 388. The zero-order chi connectivity index (χ0) is 12.3. The van der Waals surface area contributed by atoms with Crippen LogP contribution in [0.3, 0.4) is 0 Å². The van der Waals surface area contributed by atoms with E-state index >= 15 is 0 Å². The summed E-state index contributed by atoms with van der Waals surface area (Å²) in [6, 6.07) is 1.94. The molecule has 1 aromatic heterocycles. The maximum absolute atomic E-state index is 11.8. The van der Waals surface area contributed by atoms with Crippen LogP contribution in [0.1, 0.15) is 36.0 Å². The van der Waals surface area contributed by atoms with E-state index in [2.05, 4.69) is 43.8 Å². The highest BCUT2D eigenvalue weighted by Gasteiger charge is 2.19. The molecule has 0 aliphatic heterocycles. The molecule has 17 heavy (non-hydrogen) atoms. The van der Waals surface area contributed by atoms with Crippen molar-refractivity contribution in [3.8, 4) is 0 Å². The first-order valence-electron chi connectivity index (χ1n) is 5.81. The summed E-state index contributed by atoms with van der Waals surface area (Å²) in [5.41, 5.74) is 0.800. The Kier molecular flexibility index (Phi) is 5.29. The van der Waals surface area contributed by atoms with Crippen molar-refractivity contribution in [1.29, 1.82) is 0 Å². The van der Waals surface area contributed by atoms with Crippen LogP contribution in [0, 0.1) is 8.80 Å². The first-order valence-corrected chi connectivity index (χ1v) is 8.69. The average Bonchev–Trinajstić information content (AvgIpc) is 2.75. The van der Waals surface area contributed by atoms with Gasteiger partial charge in [-0.3, -0.25) is 4.79 Å². The molecule has 0 unspecified atom stereocenters. The molecule has 1 N–H and O–H groups in total. The molecule has 1 heterocycles. The second kappa shape index (κ2) is 6.52. The summed E-state index contributed by atoms with van der Waals surface area (Å²) in [6.45, 7) is 0.824. The van der Waals surface area contributed by atoms with Gasteiger partial charge in [0, 0.05) is 16.8 Å². The normalized spacial score (nSPS) is 24.6. The Balaban J connectivity index is 1.76. The van der Waals surface area contributed by atoms with E-state index < -0.39 is 0 Å². The fraction of sp³-hybridized carbons (Fsp3) is 0.583. The summed E-state index contributed by atoms with van der Waals surface area (Å²) in [5.74, 6) is 0.732. The minimum absolute atomic E-state index is 0.0742. The van der Waals surface area contributed by atoms with Gasteiger partial charge in [-0.05, 0) is 60.3 Å². The van der Waals surface area contributed by atoms with Crippen LogP contribution < -0.4 is 5.32 Å². The lowest BCUT2D eigenvalue weighted by Crippen LogP contribution is -2.31. The minimum Gasteiger partial charge on any atom is -0.352 e. The van der Waals surface area contributed by atoms with Gasteiger partial charge in [0.1, 0.15) is 0 Å². The molecule has 2 nitrogen and oxygen atoms in total. The number of nitrogens with one attached hydrogen (secondary N) is 1. The van der Waals surface area contributed by atoms with Crippen LogP contribution in [-0.4, -0.2) is 17.3 Å². The topological polar surface area (TPSA) is 29.1 Å². The molecule has 0 aromatic carbocycles. The number of hydrogen-bond acceptors (Lipinski definition) is 2. The fourth-order valence-corrected chi connectivity index (χ4v) is 3.95. The van der Waals surface area contributed by atoms with Crippen molar-refractivity contribution in [3.05, 3.63) is 19.9 Å². The predicted molar refractivity (Wildman–Crippen MR) is 84.0 cm³/mol. The van der Waals surface area contributed by atoms with E-state index in [0.717, 1.165) is 15.0 Å². The number of halogens is 2. The summed E-state index contributed by atoms with van der Waals surface area (Å²) in [7, 11) is 0. The maximum Gasteiger partial charge on any atom is 0.252 e. The number of amides is 1. The number of hydrogen-bond donors (Lipinski definition) is 1. The zero-order valence-electron chi connectivity index (χ0n) is 9.42. The Morgan fingerprint density at radius 3 is 2.76 bits per heavy atom. The summed E-state index contributed by atoms with van der Waals surface area (Å²) in [4.78, 5) is 12.5. The van der Waals surface area contributed by atoms with Gasteiger partial charge in [0.05, 0.1) is 8.45 Å². The van der Waals surface area contributed by atoms with Gasteiger partial charge in [-0.1, -0.05) is 15.9 Å². The lowest BCUT2D eigenvalue weighted by atomic mass is 9.89. The third kappa shape index (κ3) is 4.21. The molecule has 1 saturated carbocycles. The first kappa shape index (κ1) is 13.8. The van der Waals surface area contributed by atoms with Gasteiger partial charge in [0.2, 0.25) is 0 Å². The number of alkyl halides is 1. The zero-order valence-corrected chi connectivity index (χ0v) is 14.0. The Labute approximate surface area is 128 Å². The van der Waals surface area contributed by atoms with Crippen molar-refractivity contribution in [2.75, 3.05) is 6.54 Å². The van der Waals surface area contributed by atoms with Gasteiger partial charge in [-0.25, -0.2) is 0 Å². The van der Waals surface area contributed by atoms with Crippen molar-refractivity contribution in [2.24, 2.45) is 5.92 Å². The second-order valence-electron chi connectivity index (χ2n) is 4.47. The Hall–Kier alpha value is 0.380. The van der Waals surface area contributed by atoms with Gasteiger partial charge in [-0.2, -0.15) is 0 Å². The molecule has 0 spiro atoms. The monoisotopic (exact) mass is 427 g/mol. The van der Waals surface area contributed by atoms with Gasteiger partial charge < -0.3 is 5.32 Å². The van der Waals surface area contributed by atoms with Crippen LogP contribution in [0.2, 0.25) is 0 Å². The number of thiophene rings is 1. The Morgan fingerprint density at radius 1 is 1.47 bits per heavy atom. The summed E-state index contributed by atoms with van der Waals surface area (Å²) in [6.07, 6.45) is 4.91. The molecule has 2 rings (SSSR count). The quantitative estimate of drug-likeness (QED) is 0.572. The predicted octanol–water partition coefficient (Wildman–Crippen LogP) is 4.04. The lowest BCUT2D eigenvalue weighted by molar-refractivity contribution is 0.0944. The van der Waals surface area contributed by atoms with Crippen molar-refractivity contribution in [3.63, 3.8) is 0 Å². The van der Waals surface area contributed by atoms with Crippen molar-refractivity contribution in [2.45, 2.75) is 30.5 Å². The van der Waals surface area contributed by atoms with Crippen LogP contribution in [0.25, 0.3) is 0 Å². The van der Waals surface area contributed by atoms with E-state index in [1.54, 1.807) is 11.3 Å². The molecule has 1 amide bonds. The van der Waals surface area contributed by atoms with E-state index in [-0.39, 0.29) is 5.91 Å². The molecule has 94 valence electrons. The van der Waals surface area contributed by atoms with Crippen LogP contribution in [0.4, 0.5) is 0 Å². The van der Waals surface area contributed by atoms with Crippen LogP contribution in [0.15, 0.2) is 11.4 Å². The number of rotatable bonds is 3. The van der Waals surface area contributed by atoms with Crippen LogP contribution in [-0.2, 0) is 0 Å². The third-order valence-corrected chi connectivity index (χ3v) is 5.86.